The van der Waals surface area contributed by atoms with E-state index in [1.165, 1.54) is 13.2 Å². The highest BCUT2D eigenvalue weighted by molar-refractivity contribution is 6.40. The summed E-state index contributed by atoms with van der Waals surface area (Å²) in [6.07, 6.45) is 0. The van der Waals surface area contributed by atoms with Crippen LogP contribution in [-0.4, -0.2) is 13.1 Å². The molecule has 4 nitrogen and oxygen atoms in total. The van der Waals surface area contributed by atoms with E-state index in [1.54, 1.807) is 30.3 Å². The van der Waals surface area contributed by atoms with Crippen molar-refractivity contribution in [3.8, 4) is 5.75 Å². The van der Waals surface area contributed by atoms with Gasteiger partial charge in [-0.3, -0.25) is 0 Å². The van der Waals surface area contributed by atoms with Crippen molar-refractivity contribution in [2.75, 3.05) is 12.4 Å². The molecule has 20 heavy (non-hydrogen) atoms. The number of carboxylic acids is 1. The highest BCUT2D eigenvalue weighted by Gasteiger charge is 2.13. The SMILES string of the molecule is COc1ccc(Cl)c(Nc2ccccc2C(=O)[O-])c1Cl. The lowest BCUT2D eigenvalue weighted by molar-refractivity contribution is -0.254. The number of carboxylic acid groups (broad SMARTS) is 1. The Hall–Kier alpha value is -1.91. The minimum Gasteiger partial charge on any atom is -0.545 e. The summed E-state index contributed by atoms with van der Waals surface area (Å²) in [6, 6.07) is 9.55. The van der Waals surface area contributed by atoms with Gasteiger partial charge in [-0.15, -0.1) is 0 Å². The Balaban J connectivity index is 2.48. The molecule has 0 aliphatic rings. The van der Waals surface area contributed by atoms with E-state index in [1.807, 2.05) is 0 Å². The van der Waals surface area contributed by atoms with Crippen LogP contribution >= 0.6 is 23.2 Å². The van der Waals surface area contributed by atoms with Gasteiger partial charge in [0, 0.05) is 11.3 Å². The summed E-state index contributed by atoms with van der Waals surface area (Å²) in [4.78, 5) is 11.1. The van der Waals surface area contributed by atoms with E-state index < -0.39 is 5.97 Å². The normalized spacial score (nSPS) is 10.2. The van der Waals surface area contributed by atoms with Crippen LogP contribution in [0.15, 0.2) is 36.4 Å². The monoisotopic (exact) mass is 310 g/mol. The molecule has 2 aromatic carbocycles. The number of para-hydroxylation sites is 1. The third-order valence-corrected chi connectivity index (χ3v) is 3.37. The van der Waals surface area contributed by atoms with Gasteiger partial charge in [0.2, 0.25) is 0 Å². The second-order valence-electron chi connectivity index (χ2n) is 3.90. The molecule has 104 valence electrons. The summed E-state index contributed by atoms with van der Waals surface area (Å²) in [5.41, 5.74) is 0.730. The molecule has 0 atom stereocenters. The minimum absolute atomic E-state index is 0.0162. The van der Waals surface area contributed by atoms with Crippen molar-refractivity contribution in [2.24, 2.45) is 0 Å². The van der Waals surface area contributed by atoms with E-state index in [-0.39, 0.29) is 10.6 Å². The Bertz CT molecular complexity index is 659. The largest absolute Gasteiger partial charge is 0.545 e. The highest BCUT2D eigenvalue weighted by atomic mass is 35.5. The molecule has 0 aliphatic heterocycles. The number of ether oxygens (including phenoxy) is 1. The fourth-order valence-electron chi connectivity index (χ4n) is 1.71. The summed E-state index contributed by atoms with van der Waals surface area (Å²) in [7, 11) is 1.48. The number of carbonyl (C=O) groups excluding carboxylic acids is 1. The van der Waals surface area contributed by atoms with E-state index in [2.05, 4.69) is 5.32 Å². The molecule has 2 aromatic rings. The Morgan fingerprint density at radius 1 is 1.20 bits per heavy atom. The van der Waals surface area contributed by atoms with E-state index >= 15 is 0 Å². The lowest BCUT2D eigenvalue weighted by atomic mass is 10.1. The van der Waals surface area contributed by atoms with Crippen LogP contribution in [0.5, 0.6) is 5.75 Å². The van der Waals surface area contributed by atoms with Gasteiger partial charge in [-0.25, -0.2) is 0 Å². The van der Waals surface area contributed by atoms with Crippen molar-refractivity contribution in [3.05, 3.63) is 52.0 Å². The molecule has 2 rings (SSSR count). The predicted molar refractivity (Wildman–Crippen MR) is 77.1 cm³/mol. The van der Waals surface area contributed by atoms with Crippen molar-refractivity contribution in [1.29, 1.82) is 0 Å². The van der Waals surface area contributed by atoms with Crippen molar-refractivity contribution in [2.45, 2.75) is 0 Å². The number of hydrogen-bond donors (Lipinski definition) is 1. The van der Waals surface area contributed by atoms with Gasteiger partial charge in [0.05, 0.1) is 23.8 Å². The quantitative estimate of drug-likeness (QED) is 0.942. The third kappa shape index (κ3) is 2.81. The van der Waals surface area contributed by atoms with Gasteiger partial charge >= 0.3 is 0 Å². The van der Waals surface area contributed by atoms with Gasteiger partial charge < -0.3 is 20.0 Å². The fourth-order valence-corrected chi connectivity index (χ4v) is 2.25. The molecule has 0 radical (unpaired) electrons. The summed E-state index contributed by atoms with van der Waals surface area (Å²) in [6.45, 7) is 0. The molecule has 0 aliphatic carbocycles. The van der Waals surface area contributed by atoms with Crippen LogP contribution in [0.1, 0.15) is 10.4 Å². The fraction of sp³-hybridized carbons (Fsp3) is 0.0714. The van der Waals surface area contributed by atoms with Crippen LogP contribution in [0.3, 0.4) is 0 Å². The highest BCUT2D eigenvalue weighted by Crippen LogP contribution is 2.39. The molecule has 0 aromatic heterocycles. The second kappa shape index (κ2) is 6.03. The molecule has 0 saturated carbocycles. The molecule has 0 spiro atoms. The van der Waals surface area contributed by atoms with Crippen LogP contribution in [-0.2, 0) is 0 Å². The number of aromatic carboxylic acids is 1. The zero-order chi connectivity index (χ0) is 14.7. The molecule has 0 amide bonds. The van der Waals surface area contributed by atoms with E-state index in [4.69, 9.17) is 27.9 Å². The number of nitrogens with one attached hydrogen (secondary N) is 1. The van der Waals surface area contributed by atoms with Gasteiger partial charge in [0.15, 0.2) is 0 Å². The Labute approximate surface area is 125 Å². The zero-order valence-corrected chi connectivity index (χ0v) is 12.0. The average Bonchev–Trinajstić information content (AvgIpc) is 2.44. The molecule has 0 unspecified atom stereocenters. The van der Waals surface area contributed by atoms with E-state index in [0.717, 1.165) is 0 Å². The van der Waals surface area contributed by atoms with Crippen molar-refractivity contribution in [3.63, 3.8) is 0 Å². The van der Waals surface area contributed by atoms with Crippen molar-refractivity contribution >= 4 is 40.5 Å². The summed E-state index contributed by atoms with van der Waals surface area (Å²) >= 11 is 12.2. The standard InChI is InChI=1S/C14H11Cl2NO3/c1-20-11-7-6-9(15)13(12(11)16)17-10-5-3-2-4-8(10)14(18)19/h2-7,17H,1H3,(H,18,19)/p-1. The third-order valence-electron chi connectivity index (χ3n) is 2.68. The first-order valence-electron chi connectivity index (χ1n) is 5.64. The molecule has 6 heteroatoms. The number of anilines is 2. The first-order valence-corrected chi connectivity index (χ1v) is 6.39. The maximum absolute atomic E-state index is 11.1. The minimum atomic E-state index is -1.29. The first-order chi connectivity index (χ1) is 9.54. The Kier molecular flexibility index (Phi) is 4.37. The molecule has 1 N–H and O–H groups in total. The zero-order valence-electron chi connectivity index (χ0n) is 10.4. The number of benzene rings is 2. The number of rotatable bonds is 4. The molecule has 0 heterocycles. The van der Waals surface area contributed by atoms with E-state index in [0.29, 0.717) is 22.1 Å². The number of carbonyl (C=O) groups is 1. The van der Waals surface area contributed by atoms with Gasteiger partial charge in [0.25, 0.3) is 0 Å². The molecular formula is C14H10Cl2NO3-. The van der Waals surface area contributed by atoms with Crippen LogP contribution in [0, 0.1) is 0 Å². The molecular weight excluding hydrogens is 301 g/mol. The maximum Gasteiger partial charge on any atom is 0.139 e. The molecule has 0 fully saturated rings. The van der Waals surface area contributed by atoms with Crippen LogP contribution in [0.2, 0.25) is 10.0 Å². The lowest BCUT2D eigenvalue weighted by Crippen LogP contribution is -2.23. The van der Waals surface area contributed by atoms with Gasteiger partial charge in [-0.2, -0.15) is 0 Å². The van der Waals surface area contributed by atoms with Gasteiger partial charge in [-0.1, -0.05) is 41.4 Å². The van der Waals surface area contributed by atoms with Gasteiger partial charge in [0.1, 0.15) is 10.8 Å². The van der Waals surface area contributed by atoms with Crippen LogP contribution in [0.4, 0.5) is 11.4 Å². The maximum atomic E-state index is 11.1. The van der Waals surface area contributed by atoms with Crippen LogP contribution < -0.4 is 15.2 Å². The lowest BCUT2D eigenvalue weighted by Gasteiger charge is -2.16. The van der Waals surface area contributed by atoms with Crippen LogP contribution in [0.25, 0.3) is 0 Å². The van der Waals surface area contributed by atoms with Gasteiger partial charge in [-0.05, 0) is 18.2 Å². The average molecular weight is 311 g/mol. The smallest absolute Gasteiger partial charge is 0.139 e. The Morgan fingerprint density at radius 3 is 2.55 bits per heavy atom. The first kappa shape index (κ1) is 14.5. The van der Waals surface area contributed by atoms with Crippen molar-refractivity contribution in [1.82, 2.24) is 0 Å². The number of hydrogen-bond acceptors (Lipinski definition) is 4. The summed E-state index contributed by atoms with van der Waals surface area (Å²) in [5, 5.41) is 14.6. The second-order valence-corrected chi connectivity index (χ2v) is 4.68. The van der Waals surface area contributed by atoms with E-state index in [9.17, 15) is 9.90 Å². The topological polar surface area (TPSA) is 61.4 Å². The molecule has 0 saturated heterocycles. The summed E-state index contributed by atoms with van der Waals surface area (Å²) in [5.74, 6) is -0.854. The number of methoxy groups -OCH3 is 1. The van der Waals surface area contributed by atoms with Crippen molar-refractivity contribution < 1.29 is 14.6 Å². The molecule has 0 bridgehead atoms. The predicted octanol–water partition coefficient (Wildman–Crippen LogP) is 3.11. The number of halogens is 2. The summed E-state index contributed by atoms with van der Waals surface area (Å²) < 4.78 is 5.10. The Morgan fingerprint density at radius 2 is 1.90 bits per heavy atom.